The van der Waals surface area contributed by atoms with Gasteiger partial charge in [-0.1, -0.05) is 30.3 Å². The molecule has 4 N–H and O–H groups in total. The van der Waals surface area contributed by atoms with Crippen molar-refractivity contribution in [1.29, 1.82) is 0 Å². The summed E-state index contributed by atoms with van der Waals surface area (Å²) in [6.45, 7) is 5.29. The number of phenolic OH excluding ortho intramolecular Hbond substituents is 1. The van der Waals surface area contributed by atoms with Crippen LogP contribution in [0.2, 0.25) is 0 Å². The van der Waals surface area contributed by atoms with Crippen molar-refractivity contribution in [2.24, 2.45) is 5.73 Å². The fourth-order valence-corrected chi connectivity index (χ4v) is 2.10. The van der Waals surface area contributed by atoms with Gasteiger partial charge in [0.05, 0.1) is 0 Å². The third-order valence-corrected chi connectivity index (χ3v) is 3.64. The third-order valence-electron chi connectivity index (χ3n) is 3.64. The molecule has 0 saturated heterocycles. The van der Waals surface area contributed by atoms with Crippen molar-refractivity contribution in [3.63, 3.8) is 0 Å². The number of anilines is 1. The zero-order chi connectivity index (χ0) is 15.6. The quantitative estimate of drug-likeness (QED) is 0.759. The van der Waals surface area contributed by atoms with Crippen LogP contribution in [-0.2, 0) is 10.3 Å². The number of phenols is 1. The molecule has 0 fully saturated rings. The Morgan fingerprint density at radius 1 is 1.14 bits per heavy atom. The Morgan fingerprint density at radius 2 is 1.76 bits per heavy atom. The van der Waals surface area contributed by atoms with Crippen molar-refractivity contribution in [2.75, 3.05) is 5.32 Å². The van der Waals surface area contributed by atoms with Gasteiger partial charge < -0.3 is 16.2 Å². The van der Waals surface area contributed by atoms with Crippen LogP contribution in [0.5, 0.6) is 5.75 Å². The number of nitrogens with two attached hydrogens (primary N) is 1. The number of hydrogen-bond acceptors (Lipinski definition) is 3. The van der Waals surface area contributed by atoms with Crippen LogP contribution < -0.4 is 11.1 Å². The fraction of sp³-hybridized carbons (Fsp3) is 0.235. The highest BCUT2D eigenvalue weighted by molar-refractivity contribution is 5.99. The summed E-state index contributed by atoms with van der Waals surface area (Å²) < 4.78 is 0. The van der Waals surface area contributed by atoms with E-state index in [-0.39, 0.29) is 11.7 Å². The normalized spacial score (nSPS) is 13.5. The number of hydrogen-bond donors (Lipinski definition) is 3. The standard InChI is InChI=1S/C17H20N2O2/c1-11-10-15(20)12(2)9-14(11)19-16(21)17(3,18)13-7-5-4-6-8-13/h4-10,20H,18H2,1-3H3,(H,19,21). The molecule has 0 saturated carbocycles. The van der Waals surface area contributed by atoms with Crippen LogP contribution in [0, 0.1) is 13.8 Å². The van der Waals surface area contributed by atoms with Crippen molar-refractivity contribution < 1.29 is 9.90 Å². The van der Waals surface area contributed by atoms with Crippen LogP contribution in [0.4, 0.5) is 5.69 Å². The molecule has 1 unspecified atom stereocenters. The lowest BCUT2D eigenvalue weighted by molar-refractivity contribution is -0.120. The molecule has 0 bridgehead atoms. The number of carbonyl (C=O) groups excluding carboxylic acids is 1. The van der Waals surface area contributed by atoms with Crippen molar-refractivity contribution >= 4 is 11.6 Å². The van der Waals surface area contributed by atoms with E-state index in [9.17, 15) is 9.90 Å². The Balaban J connectivity index is 2.28. The summed E-state index contributed by atoms with van der Waals surface area (Å²) in [6.07, 6.45) is 0. The predicted octanol–water partition coefficient (Wildman–Crippen LogP) is 2.82. The minimum Gasteiger partial charge on any atom is -0.508 e. The zero-order valence-corrected chi connectivity index (χ0v) is 12.5. The van der Waals surface area contributed by atoms with Gasteiger partial charge in [-0.05, 0) is 49.6 Å². The molecular weight excluding hydrogens is 264 g/mol. The molecule has 0 aliphatic rings. The van der Waals surface area contributed by atoms with E-state index in [2.05, 4.69) is 5.32 Å². The highest BCUT2D eigenvalue weighted by Gasteiger charge is 2.30. The van der Waals surface area contributed by atoms with Crippen molar-refractivity contribution in [3.8, 4) is 5.75 Å². The van der Waals surface area contributed by atoms with Crippen LogP contribution in [0.25, 0.3) is 0 Å². The molecule has 0 spiro atoms. The lowest BCUT2D eigenvalue weighted by Crippen LogP contribution is -2.45. The van der Waals surface area contributed by atoms with Gasteiger partial charge in [0.1, 0.15) is 11.3 Å². The van der Waals surface area contributed by atoms with E-state index in [0.717, 1.165) is 11.1 Å². The Morgan fingerprint density at radius 3 is 2.38 bits per heavy atom. The van der Waals surface area contributed by atoms with Crippen molar-refractivity contribution in [2.45, 2.75) is 26.3 Å². The van der Waals surface area contributed by atoms with Gasteiger partial charge in [0.25, 0.3) is 0 Å². The minimum absolute atomic E-state index is 0.212. The minimum atomic E-state index is -1.13. The van der Waals surface area contributed by atoms with Crippen LogP contribution in [0.3, 0.4) is 0 Å². The van der Waals surface area contributed by atoms with Gasteiger partial charge in [-0.3, -0.25) is 4.79 Å². The van der Waals surface area contributed by atoms with E-state index < -0.39 is 5.54 Å². The first-order valence-corrected chi connectivity index (χ1v) is 6.78. The lowest BCUT2D eigenvalue weighted by Gasteiger charge is -2.24. The first-order chi connectivity index (χ1) is 9.82. The highest BCUT2D eigenvalue weighted by Crippen LogP contribution is 2.27. The van der Waals surface area contributed by atoms with Gasteiger partial charge in [0.15, 0.2) is 0 Å². The molecule has 4 nitrogen and oxygen atoms in total. The van der Waals surface area contributed by atoms with Gasteiger partial charge >= 0.3 is 0 Å². The molecule has 0 heterocycles. The maximum atomic E-state index is 12.5. The molecule has 0 aromatic heterocycles. The SMILES string of the molecule is Cc1cc(NC(=O)C(C)(N)c2ccccc2)c(C)cc1O. The zero-order valence-electron chi connectivity index (χ0n) is 12.5. The number of rotatable bonds is 3. The summed E-state index contributed by atoms with van der Waals surface area (Å²) in [7, 11) is 0. The third kappa shape index (κ3) is 3.06. The molecule has 0 aliphatic heterocycles. The monoisotopic (exact) mass is 284 g/mol. The van der Waals surface area contributed by atoms with Gasteiger partial charge in [-0.2, -0.15) is 0 Å². The average molecular weight is 284 g/mol. The molecule has 21 heavy (non-hydrogen) atoms. The molecule has 110 valence electrons. The number of nitrogens with one attached hydrogen (secondary N) is 1. The van der Waals surface area contributed by atoms with E-state index in [1.165, 1.54) is 0 Å². The Labute approximate surface area is 124 Å². The van der Waals surface area contributed by atoms with E-state index in [0.29, 0.717) is 11.3 Å². The maximum absolute atomic E-state index is 12.5. The highest BCUT2D eigenvalue weighted by atomic mass is 16.3. The predicted molar refractivity (Wildman–Crippen MR) is 84.2 cm³/mol. The second kappa shape index (κ2) is 5.58. The van der Waals surface area contributed by atoms with Crippen molar-refractivity contribution in [3.05, 3.63) is 59.2 Å². The Kier molecular flexibility index (Phi) is 4.00. The molecule has 1 amide bonds. The summed E-state index contributed by atoms with van der Waals surface area (Å²) in [5.74, 6) is -0.0778. The second-order valence-corrected chi connectivity index (χ2v) is 5.48. The summed E-state index contributed by atoms with van der Waals surface area (Å²) in [6, 6.07) is 12.6. The van der Waals surface area contributed by atoms with Crippen LogP contribution in [0.1, 0.15) is 23.6 Å². The number of carbonyl (C=O) groups is 1. The smallest absolute Gasteiger partial charge is 0.248 e. The van der Waals surface area contributed by atoms with Crippen LogP contribution >= 0.6 is 0 Å². The van der Waals surface area contributed by atoms with Crippen molar-refractivity contribution in [1.82, 2.24) is 0 Å². The lowest BCUT2D eigenvalue weighted by atomic mass is 9.92. The van der Waals surface area contributed by atoms with Gasteiger partial charge in [-0.25, -0.2) is 0 Å². The van der Waals surface area contributed by atoms with E-state index in [4.69, 9.17) is 5.73 Å². The van der Waals surface area contributed by atoms with Crippen LogP contribution in [0.15, 0.2) is 42.5 Å². The number of aromatic hydroxyl groups is 1. The molecule has 2 aromatic rings. The molecule has 0 aliphatic carbocycles. The molecule has 1 atom stereocenters. The first-order valence-electron chi connectivity index (χ1n) is 6.78. The maximum Gasteiger partial charge on any atom is 0.248 e. The van der Waals surface area contributed by atoms with E-state index >= 15 is 0 Å². The molecule has 2 rings (SSSR count). The summed E-state index contributed by atoms with van der Waals surface area (Å²) in [4.78, 5) is 12.5. The molecular formula is C17H20N2O2. The Hall–Kier alpha value is -2.33. The molecule has 4 heteroatoms. The number of aryl methyl sites for hydroxylation is 2. The van der Waals surface area contributed by atoms with Crippen LogP contribution in [-0.4, -0.2) is 11.0 Å². The second-order valence-electron chi connectivity index (χ2n) is 5.48. The Bertz CT molecular complexity index is 664. The summed E-state index contributed by atoms with van der Waals surface area (Å²) >= 11 is 0. The van der Waals surface area contributed by atoms with E-state index in [1.807, 2.05) is 37.3 Å². The van der Waals surface area contributed by atoms with Gasteiger partial charge in [0, 0.05) is 5.69 Å². The first kappa shape index (κ1) is 15.1. The fourth-order valence-electron chi connectivity index (χ4n) is 2.10. The average Bonchev–Trinajstić information content (AvgIpc) is 2.45. The summed E-state index contributed by atoms with van der Waals surface area (Å²) in [5.41, 5.74) is 7.95. The van der Waals surface area contributed by atoms with Gasteiger partial charge in [-0.15, -0.1) is 0 Å². The molecule has 2 aromatic carbocycles. The van der Waals surface area contributed by atoms with E-state index in [1.54, 1.807) is 26.0 Å². The number of amides is 1. The summed E-state index contributed by atoms with van der Waals surface area (Å²) in [5, 5.41) is 12.5. The molecule has 0 radical (unpaired) electrons. The topological polar surface area (TPSA) is 75.4 Å². The largest absolute Gasteiger partial charge is 0.508 e. The van der Waals surface area contributed by atoms with Gasteiger partial charge in [0.2, 0.25) is 5.91 Å². The number of benzene rings is 2.